The number of rotatable bonds is 13. The molecule has 3 N–H and O–H groups in total. The summed E-state index contributed by atoms with van der Waals surface area (Å²) < 4.78 is 91.6. The van der Waals surface area contributed by atoms with Gasteiger partial charge in [-0.05, 0) is 105 Å². The van der Waals surface area contributed by atoms with E-state index in [2.05, 4.69) is 25.8 Å². The van der Waals surface area contributed by atoms with Crippen LogP contribution < -0.4 is 15.3 Å². The van der Waals surface area contributed by atoms with Crippen molar-refractivity contribution in [1.29, 1.82) is 0 Å². The van der Waals surface area contributed by atoms with Crippen LogP contribution in [0.1, 0.15) is 62.4 Å². The van der Waals surface area contributed by atoms with Gasteiger partial charge in [0.25, 0.3) is 8.32 Å². The van der Waals surface area contributed by atoms with Gasteiger partial charge >= 0.3 is 12.4 Å². The summed E-state index contributed by atoms with van der Waals surface area (Å²) in [6.07, 6.45) is -8.48. The first-order chi connectivity index (χ1) is 30.7. The van der Waals surface area contributed by atoms with Crippen LogP contribution in [-0.4, -0.2) is 59.8 Å². The van der Waals surface area contributed by atoms with Gasteiger partial charge in [-0.1, -0.05) is 99.6 Å². The Hall–Kier alpha value is -5.87. The number of aromatic hydroxyl groups is 1. The number of phenolic OH excluding ortho intramolecular Hbond substituents is 1. The molecule has 340 valence electrons. The summed E-state index contributed by atoms with van der Waals surface area (Å²) in [4.78, 5) is 33.8. The molecule has 8 nitrogen and oxygen atoms in total. The summed E-state index contributed by atoms with van der Waals surface area (Å²) in [5.74, 6) is -6.11. The standard InChI is InChI=1S/C50H48F6N2O6Si/c1-48(2,3)65(38-12-6-4-7-13-38,39-14-8-5-9-15-39)64-30-33-25-40-45(47(63)58(46(40)62)36-27-34(49(51,52)53)26-35(28-36)50(54,55)56)41(29-59)44(33)43(61)22-19-32(42-16-10-11-23-57-42)24-31-17-20-37(60)21-18-31/h4-18,20-21,23-24,26-28,40-41,43,45,59-61H,19,22,25,29-30H2,1-3H3/b32-24-/t40-,41+,43-,45-/m1/s1. The van der Waals surface area contributed by atoms with E-state index in [4.69, 9.17) is 4.43 Å². The lowest BCUT2D eigenvalue weighted by Crippen LogP contribution is -2.66. The number of imide groups is 1. The zero-order chi connectivity index (χ0) is 46.9. The Bertz CT molecular complexity index is 2490. The number of fused-ring (bicyclic) bond motifs is 1. The van der Waals surface area contributed by atoms with Crippen molar-refractivity contribution in [3.63, 3.8) is 0 Å². The van der Waals surface area contributed by atoms with Crippen LogP contribution in [0.25, 0.3) is 11.6 Å². The average Bonchev–Trinajstić information content (AvgIpc) is 3.53. The van der Waals surface area contributed by atoms with Gasteiger partial charge in [-0.2, -0.15) is 26.3 Å². The van der Waals surface area contributed by atoms with E-state index >= 15 is 0 Å². The topological polar surface area (TPSA) is 120 Å². The molecule has 1 aromatic heterocycles. The number of carbonyl (C=O) groups is 2. The maximum atomic E-state index is 14.5. The van der Waals surface area contributed by atoms with E-state index in [-0.39, 0.29) is 43.3 Å². The Morgan fingerprint density at radius 3 is 1.89 bits per heavy atom. The molecule has 1 aliphatic carbocycles. The fourth-order valence-electron chi connectivity index (χ4n) is 9.42. The summed E-state index contributed by atoms with van der Waals surface area (Å²) in [5, 5.41) is 34.8. The van der Waals surface area contributed by atoms with E-state index in [1.165, 1.54) is 12.1 Å². The van der Waals surface area contributed by atoms with E-state index in [1.54, 1.807) is 36.5 Å². The van der Waals surface area contributed by atoms with Gasteiger partial charge < -0.3 is 19.7 Å². The van der Waals surface area contributed by atoms with E-state index in [9.17, 15) is 51.3 Å². The number of amides is 2. The maximum absolute atomic E-state index is 14.5. The fourth-order valence-corrected chi connectivity index (χ4v) is 14.0. The van der Waals surface area contributed by atoms with Crippen LogP contribution in [-0.2, 0) is 26.4 Å². The molecule has 65 heavy (non-hydrogen) atoms. The van der Waals surface area contributed by atoms with Crippen molar-refractivity contribution in [3.05, 3.63) is 161 Å². The molecule has 2 aliphatic rings. The third-order valence-corrected chi connectivity index (χ3v) is 17.3. The number of hydrogen-bond acceptors (Lipinski definition) is 7. The average molecular weight is 915 g/mol. The molecular weight excluding hydrogens is 867 g/mol. The molecule has 7 rings (SSSR count). The van der Waals surface area contributed by atoms with Gasteiger partial charge in [-0.3, -0.25) is 14.6 Å². The van der Waals surface area contributed by atoms with Crippen molar-refractivity contribution in [2.75, 3.05) is 18.1 Å². The van der Waals surface area contributed by atoms with Crippen molar-refractivity contribution >= 4 is 47.8 Å². The molecule has 1 aliphatic heterocycles. The van der Waals surface area contributed by atoms with Gasteiger partial charge in [0.1, 0.15) is 5.75 Å². The van der Waals surface area contributed by atoms with Crippen LogP contribution in [0.3, 0.4) is 0 Å². The molecule has 0 unspecified atom stereocenters. The van der Waals surface area contributed by atoms with Gasteiger partial charge in [0.15, 0.2) is 0 Å². The number of aromatic nitrogens is 1. The second kappa shape index (κ2) is 18.5. The Morgan fingerprint density at radius 1 is 0.815 bits per heavy atom. The molecule has 0 bridgehead atoms. The number of halogens is 6. The minimum Gasteiger partial charge on any atom is -0.508 e. The molecular formula is C50H48F6N2O6Si. The number of carbonyl (C=O) groups excluding carboxylic acids is 2. The molecule has 0 saturated carbocycles. The Balaban J connectivity index is 1.34. The first kappa shape index (κ1) is 47.1. The lowest BCUT2D eigenvalue weighted by molar-refractivity contribution is -0.143. The van der Waals surface area contributed by atoms with E-state index < -0.39 is 84.8 Å². The number of phenols is 1. The molecule has 1 fully saturated rings. The highest BCUT2D eigenvalue weighted by Gasteiger charge is 2.57. The molecule has 2 heterocycles. The SMILES string of the molecule is CC(C)(C)[Si](OCC1=C([C@H](O)CC/C(=C/c2ccc(O)cc2)c2ccccn2)[C@H](CO)[C@@H]2C(=O)N(c3cc(C(F)(F)F)cc(C(F)(F)F)c3)C(=O)[C@@H]2C1)(c1ccccc1)c1ccccc1. The number of aliphatic hydroxyl groups is 2. The normalized spacial score (nSPS) is 19.2. The number of nitrogens with zero attached hydrogens (tertiary/aromatic N) is 2. The highest BCUT2D eigenvalue weighted by atomic mass is 28.4. The van der Waals surface area contributed by atoms with Crippen molar-refractivity contribution in [2.24, 2.45) is 17.8 Å². The highest BCUT2D eigenvalue weighted by Crippen LogP contribution is 2.49. The van der Waals surface area contributed by atoms with Gasteiger partial charge in [0, 0.05) is 12.1 Å². The molecule has 5 aromatic rings. The predicted octanol–water partition coefficient (Wildman–Crippen LogP) is 9.20. The second-order valence-electron chi connectivity index (χ2n) is 17.4. The lowest BCUT2D eigenvalue weighted by atomic mass is 9.68. The Morgan fingerprint density at radius 2 is 1.38 bits per heavy atom. The van der Waals surface area contributed by atoms with Crippen molar-refractivity contribution in [1.82, 2.24) is 4.98 Å². The third kappa shape index (κ3) is 9.60. The predicted molar refractivity (Wildman–Crippen MR) is 237 cm³/mol. The Kier molecular flexibility index (Phi) is 13.4. The summed E-state index contributed by atoms with van der Waals surface area (Å²) >= 11 is 0. The molecule has 1 saturated heterocycles. The molecule has 0 spiro atoms. The minimum atomic E-state index is -5.25. The molecule has 15 heteroatoms. The van der Waals surface area contributed by atoms with Crippen LogP contribution in [0.15, 0.2) is 139 Å². The van der Waals surface area contributed by atoms with Gasteiger partial charge in [0.2, 0.25) is 11.8 Å². The molecule has 0 radical (unpaired) electrons. The summed E-state index contributed by atoms with van der Waals surface area (Å²) in [6.45, 7) is 5.17. The maximum Gasteiger partial charge on any atom is 0.416 e. The van der Waals surface area contributed by atoms with Crippen LogP contribution in [0.5, 0.6) is 5.75 Å². The number of anilines is 1. The molecule has 4 aromatic carbocycles. The van der Waals surface area contributed by atoms with Crippen molar-refractivity contribution < 1.29 is 55.7 Å². The quantitative estimate of drug-likeness (QED) is 0.0467. The summed E-state index contributed by atoms with van der Waals surface area (Å²) in [6, 6.07) is 31.7. The van der Waals surface area contributed by atoms with Crippen LogP contribution in [0.2, 0.25) is 5.04 Å². The first-order valence-electron chi connectivity index (χ1n) is 21.1. The van der Waals surface area contributed by atoms with Crippen LogP contribution >= 0.6 is 0 Å². The van der Waals surface area contributed by atoms with Crippen molar-refractivity contribution in [2.45, 2.75) is 63.5 Å². The van der Waals surface area contributed by atoms with Gasteiger partial charge in [-0.15, -0.1) is 0 Å². The smallest absolute Gasteiger partial charge is 0.416 e. The molecule has 2 amide bonds. The van der Waals surface area contributed by atoms with E-state index in [0.717, 1.165) is 15.9 Å². The van der Waals surface area contributed by atoms with E-state index in [0.29, 0.717) is 33.9 Å². The monoisotopic (exact) mass is 914 g/mol. The van der Waals surface area contributed by atoms with Gasteiger partial charge in [-0.25, -0.2) is 4.90 Å². The highest BCUT2D eigenvalue weighted by molar-refractivity contribution is 6.99. The third-order valence-electron chi connectivity index (χ3n) is 12.4. The summed E-state index contributed by atoms with van der Waals surface area (Å²) in [5.41, 5.74) is -1.70. The number of aliphatic hydroxyl groups excluding tert-OH is 2. The van der Waals surface area contributed by atoms with E-state index in [1.807, 2.05) is 66.7 Å². The number of pyridine rings is 1. The zero-order valence-electron chi connectivity index (χ0n) is 35.8. The summed E-state index contributed by atoms with van der Waals surface area (Å²) in [7, 11) is -3.33. The largest absolute Gasteiger partial charge is 0.508 e. The van der Waals surface area contributed by atoms with Gasteiger partial charge in [0.05, 0.1) is 53.7 Å². The number of hydrogen-bond donors (Lipinski definition) is 3. The fraction of sp³-hybridized carbons (Fsp3) is 0.300. The Labute approximate surface area is 373 Å². The minimum absolute atomic E-state index is 0.000839. The first-order valence-corrected chi connectivity index (χ1v) is 23.0. The number of allylic oxidation sites excluding steroid dienone is 1. The number of alkyl halides is 6. The van der Waals surface area contributed by atoms with Crippen molar-refractivity contribution in [3.8, 4) is 5.75 Å². The second-order valence-corrected chi connectivity index (χ2v) is 21.7. The number of benzene rings is 4. The van der Waals surface area contributed by atoms with Crippen LogP contribution in [0, 0.1) is 17.8 Å². The zero-order valence-corrected chi connectivity index (χ0v) is 36.8. The van der Waals surface area contributed by atoms with Crippen LogP contribution in [0.4, 0.5) is 32.0 Å². The lowest BCUT2D eigenvalue weighted by Gasteiger charge is -2.44. The molecule has 4 atom stereocenters.